The van der Waals surface area contributed by atoms with Crippen molar-refractivity contribution in [2.24, 2.45) is 0 Å². The first-order valence-electron chi connectivity index (χ1n) is 9.06. The number of carbonyl (C=O) groups excluding carboxylic acids is 1. The lowest BCUT2D eigenvalue weighted by Gasteiger charge is -2.09. The molecule has 0 unspecified atom stereocenters. The molecule has 0 bridgehead atoms. The van der Waals surface area contributed by atoms with E-state index in [1.165, 1.54) is 17.3 Å². The Balaban J connectivity index is 1.70. The number of benzene rings is 1. The Kier molecular flexibility index (Phi) is 6.70. The molecule has 0 saturated heterocycles. The van der Waals surface area contributed by atoms with Crippen LogP contribution in [0.25, 0.3) is 11.4 Å². The third kappa shape index (κ3) is 4.72. The highest BCUT2D eigenvalue weighted by atomic mass is 35.5. The maximum atomic E-state index is 12.2. The maximum Gasteiger partial charge on any atom is 0.234 e. The van der Waals surface area contributed by atoms with Crippen molar-refractivity contribution in [3.05, 3.63) is 53.3 Å². The zero-order chi connectivity index (χ0) is 20.1. The Bertz CT molecular complexity index is 955. The second-order valence-corrected chi connectivity index (χ2v) is 7.81. The van der Waals surface area contributed by atoms with Crippen LogP contribution in [-0.2, 0) is 11.3 Å². The molecule has 3 rings (SSSR count). The summed E-state index contributed by atoms with van der Waals surface area (Å²) in [6.07, 6.45) is 1.58. The predicted octanol–water partition coefficient (Wildman–Crippen LogP) is 4.87. The predicted molar refractivity (Wildman–Crippen MR) is 114 cm³/mol. The SMILES string of the molecule is CCn1c(SCC(=O)Nc2cccnc2Cl)nnc1-c1ccc(C(C)C)cc1. The van der Waals surface area contributed by atoms with Crippen molar-refractivity contribution in [1.82, 2.24) is 19.7 Å². The summed E-state index contributed by atoms with van der Waals surface area (Å²) in [7, 11) is 0. The number of aromatic nitrogens is 4. The largest absolute Gasteiger partial charge is 0.323 e. The standard InChI is InChI=1S/C20H22ClN5OS/c1-4-26-19(15-9-7-14(8-10-15)13(2)3)24-25-20(26)28-12-17(27)23-16-6-5-11-22-18(16)21/h5-11,13H,4,12H2,1-3H3,(H,23,27). The molecule has 8 heteroatoms. The van der Waals surface area contributed by atoms with Crippen LogP contribution < -0.4 is 5.32 Å². The fraction of sp³-hybridized carbons (Fsp3) is 0.300. The number of thioether (sulfide) groups is 1. The molecule has 2 heterocycles. The number of halogens is 1. The number of nitrogens with one attached hydrogen (secondary N) is 1. The van der Waals surface area contributed by atoms with Gasteiger partial charge in [0.15, 0.2) is 16.1 Å². The van der Waals surface area contributed by atoms with Crippen LogP contribution in [0.2, 0.25) is 5.15 Å². The molecular weight excluding hydrogens is 394 g/mol. The van der Waals surface area contributed by atoms with Crippen LogP contribution >= 0.6 is 23.4 Å². The number of anilines is 1. The van der Waals surface area contributed by atoms with Crippen molar-refractivity contribution in [3.63, 3.8) is 0 Å². The number of pyridine rings is 1. The number of amides is 1. The minimum Gasteiger partial charge on any atom is -0.323 e. The molecule has 0 spiro atoms. The summed E-state index contributed by atoms with van der Waals surface area (Å²) in [6, 6.07) is 11.8. The zero-order valence-corrected chi connectivity index (χ0v) is 17.6. The zero-order valence-electron chi connectivity index (χ0n) is 16.0. The minimum atomic E-state index is -0.173. The number of carbonyl (C=O) groups is 1. The molecule has 0 radical (unpaired) electrons. The summed E-state index contributed by atoms with van der Waals surface area (Å²) in [5, 5.41) is 12.3. The lowest BCUT2D eigenvalue weighted by Crippen LogP contribution is -2.15. The fourth-order valence-corrected chi connectivity index (χ4v) is 3.68. The molecule has 0 saturated carbocycles. The van der Waals surface area contributed by atoms with E-state index >= 15 is 0 Å². The molecule has 1 aromatic carbocycles. The molecule has 28 heavy (non-hydrogen) atoms. The van der Waals surface area contributed by atoms with Crippen LogP contribution in [0.4, 0.5) is 5.69 Å². The van der Waals surface area contributed by atoms with Gasteiger partial charge in [0.05, 0.1) is 11.4 Å². The molecule has 6 nitrogen and oxygen atoms in total. The highest BCUT2D eigenvalue weighted by Crippen LogP contribution is 2.26. The smallest absolute Gasteiger partial charge is 0.234 e. The maximum absolute atomic E-state index is 12.2. The highest BCUT2D eigenvalue weighted by molar-refractivity contribution is 7.99. The molecule has 0 atom stereocenters. The highest BCUT2D eigenvalue weighted by Gasteiger charge is 2.15. The molecule has 1 N–H and O–H groups in total. The van der Waals surface area contributed by atoms with E-state index in [-0.39, 0.29) is 16.8 Å². The Hall–Kier alpha value is -2.38. The summed E-state index contributed by atoms with van der Waals surface area (Å²) < 4.78 is 2.01. The Morgan fingerprint density at radius 1 is 1.21 bits per heavy atom. The number of hydrogen-bond acceptors (Lipinski definition) is 5. The Morgan fingerprint density at radius 2 is 1.96 bits per heavy atom. The Labute approximate surface area is 173 Å². The summed E-state index contributed by atoms with van der Waals surface area (Å²) in [6.45, 7) is 7.09. The topological polar surface area (TPSA) is 72.7 Å². The quantitative estimate of drug-likeness (QED) is 0.440. The van der Waals surface area contributed by atoms with Gasteiger partial charge in [0.2, 0.25) is 5.91 Å². The third-order valence-electron chi connectivity index (χ3n) is 4.23. The summed E-state index contributed by atoms with van der Waals surface area (Å²) in [5.74, 6) is 1.32. The monoisotopic (exact) mass is 415 g/mol. The second kappa shape index (κ2) is 9.21. The van der Waals surface area contributed by atoms with Gasteiger partial charge in [-0.1, -0.05) is 61.5 Å². The molecule has 3 aromatic rings. The fourth-order valence-electron chi connectivity index (χ4n) is 2.71. The van der Waals surface area contributed by atoms with Crippen molar-refractivity contribution in [3.8, 4) is 11.4 Å². The van der Waals surface area contributed by atoms with Crippen LogP contribution in [0, 0.1) is 0 Å². The van der Waals surface area contributed by atoms with Crippen LogP contribution in [0.15, 0.2) is 47.8 Å². The van der Waals surface area contributed by atoms with Gasteiger partial charge in [-0.3, -0.25) is 4.79 Å². The van der Waals surface area contributed by atoms with Crippen LogP contribution in [0.3, 0.4) is 0 Å². The van der Waals surface area contributed by atoms with Crippen LogP contribution in [-0.4, -0.2) is 31.4 Å². The van der Waals surface area contributed by atoms with E-state index in [1.807, 2.05) is 11.5 Å². The van der Waals surface area contributed by atoms with Gasteiger partial charge in [-0.2, -0.15) is 0 Å². The average molecular weight is 416 g/mol. The summed E-state index contributed by atoms with van der Waals surface area (Å²) in [4.78, 5) is 16.2. The third-order valence-corrected chi connectivity index (χ3v) is 5.50. The van der Waals surface area contributed by atoms with Crippen molar-refractivity contribution < 1.29 is 4.79 Å². The molecular formula is C20H22ClN5OS. The summed E-state index contributed by atoms with van der Waals surface area (Å²) >= 11 is 7.32. The van der Waals surface area contributed by atoms with E-state index in [9.17, 15) is 4.79 Å². The first-order chi connectivity index (χ1) is 13.5. The molecule has 2 aromatic heterocycles. The Morgan fingerprint density at radius 3 is 2.61 bits per heavy atom. The van der Waals surface area contributed by atoms with Gasteiger partial charge < -0.3 is 9.88 Å². The van der Waals surface area contributed by atoms with Gasteiger partial charge in [-0.05, 0) is 30.5 Å². The van der Waals surface area contributed by atoms with Gasteiger partial charge in [0.1, 0.15) is 0 Å². The van der Waals surface area contributed by atoms with E-state index in [4.69, 9.17) is 11.6 Å². The van der Waals surface area contributed by atoms with Crippen molar-refractivity contribution >= 4 is 35.0 Å². The second-order valence-electron chi connectivity index (χ2n) is 6.51. The number of nitrogens with zero attached hydrogens (tertiary/aromatic N) is 4. The molecule has 146 valence electrons. The van der Waals surface area contributed by atoms with E-state index in [2.05, 4.69) is 58.6 Å². The van der Waals surface area contributed by atoms with E-state index in [1.54, 1.807) is 18.3 Å². The van der Waals surface area contributed by atoms with Crippen molar-refractivity contribution in [2.75, 3.05) is 11.1 Å². The van der Waals surface area contributed by atoms with Crippen LogP contribution in [0.5, 0.6) is 0 Å². The van der Waals surface area contributed by atoms with Crippen molar-refractivity contribution in [2.45, 2.75) is 38.4 Å². The van der Waals surface area contributed by atoms with E-state index in [0.717, 1.165) is 11.4 Å². The number of rotatable bonds is 7. The molecule has 0 aliphatic rings. The van der Waals surface area contributed by atoms with E-state index < -0.39 is 0 Å². The molecule has 0 aliphatic carbocycles. The van der Waals surface area contributed by atoms with E-state index in [0.29, 0.717) is 23.3 Å². The van der Waals surface area contributed by atoms with Gasteiger partial charge in [-0.25, -0.2) is 4.98 Å². The first kappa shape index (κ1) is 20.4. The molecule has 1 amide bonds. The normalized spacial score (nSPS) is 11.0. The van der Waals surface area contributed by atoms with Gasteiger partial charge in [0.25, 0.3) is 0 Å². The van der Waals surface area contributed by atoms with Gasteiger partial charge in [-0.15, -0.1) is 10.2 Å². The molecule has 0 fully saturated rings. The van der Waals surface area contributed by atoms with Crippen molar-refractivity contribution in [1.29, 1.82) is 0 Å². The number of hydrogen-bond donors (Lipinski definition) is 1. The minimum absolute atomic E-state index is 0.173. The molecule has 0 aliphatic heterocycles. The van der Waals surface area contributed by atoms with Gasteiger partial charge in [0, 0.05) is 18.3 Å². The lowest BCUT2D eigenvalue weighted by atomic mass is 10.0. The van der Waals surface area contributed by atoms with Crippen LogP contribution in [0.1, 0.15) is 32.3 Å². The van der Waals surface area contributed by atoms with Gasteiger partial charge >= 0.3 is 0 Å². The summed E-state index contributed by atoms with van der Waals surface area (Å²) in [5.41, 5.74) is 2.79. The average Bonchev–Trinajstić information content (AvgIpc) is 3.11. The lowest BCUT2D eigenvalue weighted by molar-refractivity contribution is -0.113. The first-order valence-corrected chi connectivity index (χ1v) is 10.4.